The molecular formula is C27H35NO12. The van der Waals surface area contributed by atoms with Crippen molar-refractivity contribution in [1.29, 1.82) is 0 Å². The topological polar surface area (TPSA) is 167 Å². The number of rotatable bonds is 7. The van der Waals surface area contributed by atoms with Crippen LogP contribution in [0.3, 0.4) is 0 Å². The summed E-state index contributed by atoms with van der Waals surface area (Å²) in [6.07, 6.45) is -2.09. The van der Waals surface area contributed by atoms with E-state index in [4.69, 9.17) is 28.4 Å². The second-order valence-electron chi connectivity index (χ2n) is 12.5. The van der Waals surface area contributed by atoms with Crippen molar-refractivity contribution in [2.75, 3.05) is 20.8 Å². The summed E-state index contributed by atoms with van der Waals surface area (Å²) in [5.74, 6) is -4.92. The van der Waals surface area contributed by atoms with Crippen LogP contribution in [0, 0.1) is 50.5 Å². The first kappa shape index (κ1) is 27.4. The second kappa shape index (κ2) is 8.85. The van der Waals surface area contributed by atoms with Crippen molar-refractivity contribution < 1.29 is 52.5 Å². The summed E-state index contributed by atoms with van der Waals surface area (Å²) < 4.78 is 35.1. The number of carbonyl (C=O) groups is 4. The number of hydrogen-bond acceptors (Lipinski definition) is 12. The fourth-order valence-corrected chi connectivity index (χ4v) is 10.6. The van der Waals surface area contributed by atoms with Crippen LogP contribution in [0.4, 0.5) is 0 Å². The predicted octanol–water partition coefficient (Wildman–Crippen LogP) is 1.07. The molecule has 5 aliphatic carbocycles. The van der Waals surface area contributed by atoms with Gasteiger partial charge in [-0.05, 0) is 25.2 Å². The maximum absolute atomic E-state index is 13.9. The normalized spacial score (nSPS) is 49.1. The Kier molecular flexibility index (Phi) is 6.05. The molecule has 2 bridgehead atoms. The van der Waals surface area contributed by atoms with Crippen molar-refractivity contribution in [2.24, 2.45) is 40.4 Å². The molecule has 40 heavy (non-hydrogen) atoms. The monoisotopic (exact) mass is 565 g/mol. The zero-order valence-corrected chi connectivity index (χ0v) is 23.2. The first-order valence-electron chi connectivity index (χ1n) is 13.8. The van der Waals surface area contributed by atoms with E-state index in [1.54, 1.807) is 0 Å². The van der Waals surface area contributed by atoms with Gasteiger partial charge in [0, 0.05) is 69.5 Å². The smallest absolute Gasteiger partial charge is 0.319 e. The Balaban J connectivity index is 1.58. The van der Waals surface area contributed by atoms with Crippen LogP contribution in [0.15, 0.2) is 0 Å². The van der Waals surface area contributed by atoms with Gasteiger partial charge in [-0.3, -0.25) is 29.3 Å². The largest absolute Gasteiger partial charge is 0.461 e. The number of esters is 4. The number of methoxy groups -OCH3 is 2. The van der Waals surface area contributed by atoms with Crippen molar-refractivity contribution in [3.05, 3.63) is 10.1 Å². The zero-order valence-electron chi connectivity index (χ0n) is 23.2. The van der Waals surface area contributed by atoms with Gasteiger partial charge in [0.2, 0.25) is 6.04 Å². The fourth-order valence-electron chi connectivity index (χ4n) is 10.6. The molecule has 1 heterocycles. The van der Waals surface area contributed by atoms with Gasteiger partial charge in [0.05, 0.1) is 12.7 Å². The average Bonchev–Trinajstić information content (AvgIpc) is 3.27. The zero-order chi connectivity index (χ0) is 28.9. The van der Waals surface area contributed by atoms with E-state index in [9.17, 15) is 29.3 Å². The Morgan fingerprint density at radius 1 is 1.07 bits per heavy atom. The molecule has 0 amide bonds. The third-order valence-electron chi connectivity index (χ3n) is 11.1. The summed E-state index contributed by atoms with van der Waals surface area (Å²) in [5, 5.41) is 13.1. The first-order valence-corrected chi connectivity index (χ1v) is 13.8. The molecule has 0 spiro atoms. The van der Waals surface area contributed by atoms with Gasteiger partial charge in [0.1, 0.15) is 35.2 Å². The van der Waals surface area contributed by atoms with Crippen molar-refractivity contribution in [3.63, 3.8) is 0 Å². The van der Waals surface area contributed by atoms with Crippen LogP contribution >= 0.6 is 0 Å². The van der Waals surface area contributed by atoms with Crippen LogP contribution in [-0.2, 0) is 47.6 Å². The lowest BCUT2D eigenvalue weighted by atomic mass is 9.36. The Bertz CT molecular complexity index is 1170. The Morgan fingerprint density at radius 3 is 2.35 bits per heavy atom. The third-order valence-corrected chi connectivity index (χ3v) is 11.1. The van der Waals surface area contributed by atoms with Gasteiger partial charge >= 0.3 is 23.9 Å². The minimum Gasteiger partial charge on any atom is -0.461 e. The van der Waals surface area contributed by atoms with E-state index in [1.165, 1.54) is 35.0 Å². The molecule has 0 N–H and O–H groups in total. The van der Waals surface area contributed by atoms with E-state index in [1.807, 2.05) is 0 Å². The van der Waals surface area contributed by atoms with Gasteiger partial charge in [-0.25, -0.2) is 0 Å². The van der Waals surface area contributed by atoms with Crippen LogP contribution < -0.4 is 0 Å². The molecule has 6 rings (SSSR count). The number of hydrogen-bond donors (Lipinski definition) is 0. The highest BCUT2D eigenvalue weighted by atomic mass is 16.6. The SMILES string of the molecule is COC[C@]12C(=O)OC3[C@H]1[C@@]1(CC[C@H]2OC(C)=O)[C@@H]2CC4[C@@H](OC(C)=O)[C@H](OC)C[C@@](OC(C)=O)([C@@H]42)[C@@H]3[C@@H]1[N+](=O)[O-]. The van der Waals surface area contributed by atoms with Gasteiger partial charge in [0.25, 0.3) is 0 Å². The Labute approximate surface area is 230 Å². The minimum atomic E-state index is -1.45. The maximum atomic E-state index is 13.9. The summed E-state index contributed by atoms with van der Waals surface area (Å²) in [5.41, 5.74) is -3.84. The van der Waals surface area contributed by atoms with Crippen molar-refractivity contribution in [1.82, 2.24) is 0 Å². The van der Waals surface area contributed by atoms with Crippen LogP contribution in [-0.4, -0.2) is 85.7 Å². The summed E-state index contributed by atoms with van der Waals surface area (Å²) in [7, 11) is 2.89. The molecule has 6 fully saturated rings. The number of carbonyl (C=O) groups excluding carboxylic acids is 4. The fraction of sp³-hybridized carbons (Fsp3) is 0.852. The van der Waals surface area contributed by atoms with E-state index >= 15 is 0 Å². The number of nitro groups is 1. The van der Waals surface area contributed by atoms with Gasteiger partial charge in [-0.15, -0.1) is 0 Å². The highest BCUT2D eigenvalue weighted by molar-refractivity contribution is 5.83. The summed E-state index contributed by atoms with van der Waals surface area (Å²) >= 11 is 0. The number of ether oxygens (including phenoxy) is 6. The van der Waals surface area contributed by atoms with E-state index in [-0.39, 0.29) is 42.1 Å². The first-order chi connectivity index (χ1) is 18.9. The lowest BCUT2D eigenvalue weighted by molar-refractivity contribution is -0.572. The molecule has 5 saturated carbocycles. The average molecular weight is 566 g/mol. The van der Waals surface area contributed by atoms with Gasteiger partial charge < -0.3 is 28.4 Å². The van der Waals surface area contributed by atoms with Crippen LogP contribution in [0.2, 0.25) is 0 Å². The van der Waals surface area contributed by atoms with Crippen molar-refractivity contribution in [3.8, 4) is 0 Å². The lowest BCUT2D eigenvalue weighted by Crippen LogP contribution is -2.78. The molecule has 0 aromatic rings. The third kappa shape index (κ3) is 3.10. The molecule has 220 valence electrons. The highest BCUT2D eigenvalue weighted by Crippen LogP contribution is 2.81. The Morgan fingerprint density at radius 2 is 1.77 bits per heavy atom. The van der Waals surface area contributed by atoms with Gasteiger partial charge in [-0.1, -0.05) is 0 Å². The minimum absolute atomic E-state index is 0.0508. The summed E-state index contributed by atoms with van der Waals surface area (Å²) in [6, 6.07) is -1.19. The molecule has 0 radical (unpaired) electrons. The van der Waals surface area contributed by atoms with E-state index in [2.05, 4.69) is 0 Å². The predicted molar refractivity (Wildman–Crippen MR) is 130 cm³/mol. The number of nitrogens with zero attached hydrogens (tertiary/aromatic N) is 1. The van der Waals surface area contributed by atoms with Crippen molar-refractivity contribution >= 4 is 23.9 Å². The van der Waals surface area contributed by atoms with E-state index in [0.29, 0.717) is 12.8 Å². The number of fused-ring (bicyclic) bond motifs is 1. The molecule has 0 aromatic carbocycles. The van der Waals surface area contributed by atoms with Crippen molar-refractivity contribution in [2.45, 2.75) is 82.5 Å². The van der Waals surface area contributed by atoms with E-state index in [0.717, 1.165) is 0 Å². The lowest BCUT2D eigenvalue weighted by Gasteiger charge is -2.69. The molecule has 13 atom stereocenters. The molecule has 6 aliphatic rings. The summed E-state index contributed by atoms with van der Waals surface area (Å²) in [6.45, 7) is 3.71. The Hall–Kier alpha value is -2.80. The molecule has 13 heteroatoms. The molecule has 2 unspecified atom stereocenters. The van der Waals surface area contributed by atoms with Gasteiger partial charge in [-0.2, -0.15) is 0 Å². The molecular weight excluding hydrogens is 530 g/mol. The van der Waals surface area contributed by atoms with E-state index < -0.39 is 82.6 Å². The summed E-state index contributed by atoms with van der Waals surface area (Å²) in [4.78, 5) is 63.6. The second-order valence-corrected chi connectivity index (χ2v) is 12.5. The quantitative estimate of drug-likeness (QED) is 0.187. The van der Waals surface area contributed by atoms with Gasteiger partial charge in [0.15, 0.2) is 0 Å². The highest BCUT2D eigenvalue weighted by Gasteiger charge is 2.92. The molecule has 0 aromatic heterocycles. The van der Waals surface area contributed by atoms with Crippen LogP contribution in [0.1, 0.15) is 46.5 Å². The van der Waals surface area contributed by atoms with Crippen LogP contribution in [0.25, 0.3) is 0 Å². The van der Waals surface area contributed by atoms with Crippen LogP contribution in [0.5, 0.6) is 0 Å². The maximum Gasteiger partial charge on any atom is 0.319 e. The standard InChI is InChI=1S/C27H35NO12/c1-11(29)37-17-6-7-25-15-8-14-18(15)27(40-13(3)31,9-16(36-5)20(14)38-12(2)30)19(23(25)28(33)34)21-22(25)26(17,10-35-4)24(32)39-21/h14-23H,6-10H2,1-5H3/t14?,15-,16-,17-,18+,19+,20-,21?,22+,23+,25-,26-,27-/m1/s1. The molecule has 1 saturated heterocycles. The molecule has 13 nitrogen and oxygen atoms in total. The molecule has 1 aliphatic heterocycles.